The molecule has 0 fully saturated rings. The van der Waals surface area contributed by atoms with Gasteiger partial charge in [-0.15, -0.1) is 0 Å². The molecule has 0 aromatic heterocycles. The van der Waals surface area contributed by atoms with Crippen LogP contribution in [-0.2, 0) is 6.42 Å². The molecule has 0 heterocycles. The van der Waals surface area contributed by atoms with Crippen molar-refractivity contribution >= 4 is 5.91 Å². The fraction of sp³-hybridized carbons (Fsp3) is 0.188. The highest BCUT2D eigenvalue weighted by Gasteiger charge is 2.19. The van der Waals surface area contributed by atoms with Crippen LogP contribution in [0, 0.1) is 0 Å². The smallest absolute Gasteiger partial charge is 0.259 e. The van der Waals surface area contributed by atoms with Crippen molar-refractivity contribution in [1.82, 2.24) is 5.32 Å². The number of carbonyl (C=O) groups excluding carboxylic acids is 1. The van der Waals surface area contributed by atoms with Gasteiger partial charge < -0.3 is 20.6 Å². The lowest BCUT2D eigenvalue weighted by molar-refractivity contribution is 0.0911. The first kappa shape index (κ1) is 14.9. The predicted octanol–water partition coefficient (Wildman–Crippen LogP) is 1.43. The van der Waals surface area contributed by atoms with Crippen molar-refractivity contribution < 1.29 is 20.1 Å². The Labute approximate surface area is 122 Å². The van der Waals surface area contributed by atoms with Gasteiger partial charge in [0.25, 0.3) is 5.91 Å². The third kappa shape index (κ3) is 3.73. The Bertz CT molecular complexity index is 593. The largest absolute Gasteiger partial charge is 0.507 e. The molecule has 1 atom stereocenters. The highest BCUT2D eigenvalue weighted by molar-refractivity contribution is 5.99. The average Bonchev–Trinajstić information content (AvgIpc) is 2.47. The number of aromatic hydroxyl groups is 2. The van der Waals surface area contributed by atoms with Gasteiger partial charge in [0.15, 0.2) is 0 Å². The van der Waals surface area contributed by atoms with Crippen LogP contribution in [0.5, 0.6) is 11.5 Å². The molecular weight excluding hydrogens is 270 g/mol. The molecule has 4 N–H and O–H groups in total. The van der Waals surface area contributed by atoms with Crippen LogP contribution in [0.1, 0.15) is 15.9 Å². The molecule has 1 amide bonds. The number of benzene rings is 2. The first-order valence-corrected chi connectivity index (χ1v) is 6.58. The summed E-state index contributed by atoms with van der Waals surface area (Å²) in [5, 5.41) is 31.3. The molecule has 0 aliphatic heterocycles. The van der Waals surface area contributed by atoms with Gasteiger partial charge in [-0.05, 0) is 24.1 Å². The number of rotatable bonds is 5. The number of phenolic OH excluding ortho intramolecular Hbond substituents is 2. The lowest BCUT2D eigenvalue weighted by atomic mass is 10.1. The summed E-state index contributed by atoms with van der Waals surface area (Å²) in [5.74, 6) is -1.23. The first-order valence-electron chi connectivity index (χ1n) is 6.58. The third-order valence-electron chi connectivity index (χ3n) is 3.13. The van der Waals surface area contributed by atoms with E-state index in [0.29, 0.717) is 6.42 Å². The van der Waals surface area contributed by atoms with Crippen LogP contribution >= 0.6 is 0 Å². The zero-order valence-electron chi connectivity index (χ0n) is 11.4. The Morgan fingerprint density at radius 1 is 1.00 bits per heavy atom. The summed E-state index contributed by atoms with van der Waals surface area (Å²) in [6.45, 7) is -0.241. The molecule has 2 aromatic carbocycles. The summed E-state index contributed by atoms with van der Waals surface area (Å²) in [6, 6.07) is 13.0. The molecule has 2 aromatic rings. The maximum atomic E-state index is 12.1. The molecule has 0 spiro atoms. The van der Waals surface area contributed by atoms with Crippen LogP contribution in [0.15, 0.2) is 48.5 Å². The van der Waals surface area contributed by atoms with Crippen molar-refractivity contribution in [3.8, 4) is 11.5 Å². The summed E-state index contributed by atoms with van der Waals surface area (Å²) < 4.78 is 0. The molecule has 0 saturated heterocycles. The van der Waals surface area contributed by atoms with Crippen molar-refractivity contribution in [1.29, 1.82) is 0 Å². The number of amides is 1. The van der Waals surface area contributed by atoms with Gasteiger partial charge in [-0.1, -0.05) is 36.4 Å². The summed E-state index contributed by atoms with van der Waals surface area (Å²) in [7, 11) is 0. The monoisotopic (exact) mass is 287 g/mol. The van der Waals surface area contributed by atoms with E-state index in [1.54, 1.807) is 0 Å². The Morgan fingerprint density at radius 2 is 1.62 bits per heavy atom. The van der Waals surface area contributed by atoms with E-state index in [1.807, 2.05) is 30.3 Å². The van der Waals surface area contributed by atoms with E-state index in [-0.39, 0.29) is 23.7 Å². The standard InChI is InChI=1S/C16H17NO4/c18-10-12(9-11-5-2-1-3-6-11)17-16(21)15-13(19)7-4-8-14(15)20/h1-8,12,18-20H,9-10H2,(H,17,21). The third-order valence-corrected chi connectivity index (χ3v) is 3.13. The highest BCUT2D eigenvalue weighted by atomic mass is 16.3. The van der Waals surface area contributed by atoms with E-state index in [4.69, 9.17) is 0 Å². The molecule has 5 heteroatoms. The molecule has 0 aliphatic carbocycles. The van der Waals surface area contributed by atoms with Gasteiger partial charge in [0.2, 0.25) is 0 Å². The number of hydrogen-bond acceptors (Lipinski definition) is 4. The molecule has 0 saturated carbocycles. The van der Waals surface area contributed by atoms with E-state index in [2.05, 4.69) is 5.32 Å². The fourth-order valence-electron chi connectivity index (χ4n) is 2.08. The highest BCUT2D eigenvalue weighted by Crippen LogP contribution is 2.26. The second-order valence-corrected chi connectivity index (χ2v) is 4.71. The molecule has 0 radical (unpaired) electrons. The van der Waals surface area contributed by atoms with E-state index < -0.39 is 11.9 Å². The molecule has 110 valence electrons. The number of aliphatic hydroxyl groups is 1. The van der Waals surface area contributed by atoms with E-state index in [9.17, 15) is 20.1 Å². The van der Waals surface area contributed by atoms with Crippen molar-refractivity contribution in [2.45, 2.75) is 12.5 Å². The minimum absolute atomic E-state index is 0.191. The van der Waals surface area contributed by atoms with Crippen LogP contribution in [0.3, 0.4) is 0 Å². The number of hydrogen-bond donors (Lipinski definition) is 4. The quantitative estimate of drug-likeness (QED) is 0.669. The minimum atomic E-state index is -0.624. The first-order chi connectivity index (χ1) is 10.1. The SMILES string of the molecule is O=C(NC(CO)Cc1ccccc1)c1c(O)cccc1O. The van der Waals surface area contributed by atoms with E-state index in [0.717, 1.165) is 5.56 Å². The van der Waals surface area contributed by atoms with E-state index >= 15 is 0 Å². The Balaban J connectivity index is 2.10. The minimum Gasteiger partial charge on any atom is -0.507 e. The molecular formula is C16H17NO4. The van der Waals surface area contributed by atoms with Crippen LogP contribution < -0.4 is 5.32 Å². The molecule has 21 heavy (non-hydrogen) atoms. The zero-order chi connectivity index (χ0) is 15.2. The summed E-state index contributed by atoms with van der Waals surface area (Å²) >= 11 is 0. The number of phenols is 2. The van der Waals surface area contributed by atoms with Gasteiger partial charge in [0.05, 0.1) is 12.6 Å². The van der Waals surface area contributed by atoms with Crippen LogP contribution in [0.25, 0.3) is 0 Å². The van der Waals surface area contributed by atoms with Gasteiger partial charge in [0.1, 0.15) is 17.1 Å². The van der Waals surface area contributed by atoms with Crippen LogP contribution in [0.2, 0.25) is 0 Å². The summed E-state index contributed by atoms with van der Waals surface area (Å²) in [5.41, 5.74) is 0.780. The number of aliphatic hydroxyl groups excluding tert-OH is 1. The Hall–Kier alpha value is -2.53. The lowest BCUT2D eigenvalue weighted by Gasteiger charge is -2.17. The van der Waals surface area contributed by atoms with Crippen molar-refractivity contribution in [3.63, 3.8) is 0 Å². The van der Waals surface area contributed by atoms with Crippen LogP contribution in [-0.4, -0.2) is 33.9 Å². The van der Waals surface area contributed by atoms with Crippen LogP contribution in [0.4, 0.5) is 0 Å². The Kier molecular flexibility index (Phi) is 4.79. The maximum absolute atomic E-state index is 12.1. The van der Waals surface area contributed by atoms with Gasteiger partial charge in [0, 0.05) is 0 Å². The average molecular weight is 287 g/mol. The fourth-order valence-corrected chi connectivity index (χ4v) is 2.08. The molecule has 1 unspecified atom stereocenters. The van der Waals surface area contributed by atoms with Gasteiger partial charge in [-0.3, -0.25) is 4.79 Å². The van der Waals surface area contributed by atoms with Gasteiger partial charge in [-0.2, -0.15) is 0 Å². The normalized spacial score (nSPS) is 11.9. The second kappa shape index (κ2) is 6.76. The number of carbonyl (C=O) groups is 1. The van der Waals surface area contributed by atoms with Gasteiger partial charge in [-0.25, -0.2) is 0 Å². The zero-order valence-corrected chi connectivity index (χ0v) is 11.4. The Morgan fingerprint density at radius 3 is 2.19 bits per heavy atom. The molecule has 2 rings (SSSR count). The predicted molar refractivity (Wildman–Crippen MR) is 78.3 cm³/mol. The molecule has 0 bridgehead atoms. The number of nitrogens with one attached hydrogen (secondary N) is 1. The topological polar surface area (TPSA) is 89.8 Å². The second-order valence-electron chi connectivity index (χ2n) is 4.71. The lowest BCUT2D eigenvalue weighted by Crippen LogP contribution is -2.39. The van der Waals surface area contributed by atoms with Crippen molar-refractivity contribution in [3.05, 3.63) is 59.7 Å². The van der Waals surface area contributed by atoms with Gasteiger partial charge >= 0.3 is 0 Å². The van der Waals surface area contributed by atoms with E-state index in [1.165, 1.54) is 18.2 Å². The van der Waals surface area contributed by atoms with Crippen molar-refractivity contribution in [2.24, 2.45) is 0 Å². The maximum Gasteiger partial charge on any atom is 0.259 e. The van der Waals surface area contributed by atoms with Crippen molar-refractivity contribution in [2.75, 3.05) is 6.61 Å². The molecule has 5 nitrogen and oxygen atoms in total. The summed E-state index contributed by atoms with van der Waals surface area (Å²) in [6.07, 6.45) is 0.456. The summed E-state index contributed by atoms with van der Waals surface area (Å²) in [4.78, 5) is 12.1. The molecule has 0 aliphatic rings.